The van der Waals surface area contributed by atoms with E-state index in [0.29, 0.717) is 31.0 Å². The molecule has 1 aliphatic carbocycles. The van der Waals surface area contributed by atoms with Crippen LogP contribution in [-0.4, -0.2) is 26.9 Å². The van der Waals surface area contributed by atoms with E-state index in [2.05, 4.69) is 16.3 Å². The minimum absolute atomic E-state index is 0.197. The van der Waals surface area contributed by atoms with E-state index in [1.54, 1.807) is 12.1 Å². The van der Waals surface area contributed by atoms with Crippen molar-refractivity contribution in [1.82, 2.24) is 5.32 Å². The lowest BCUT2D eigenvalue weighted by Crippen LogP contribution is -2.51. The van der Waals surface area contributed by atoms with E-state index in [-0.39, 0.29) is 5.75 Å². The van der Waals surface area contributed by atoms with Gasteiger partial charge in [-0.25, -0.2) is 0 Å². The van der Waals surface area contributed by atoms with Crippen LogP contribution in [0.1, 0.15) is 24.0 Å². The molecule has 1 unspecified atom stereocenters. The molecule has 3 aromatic carbocycles. The summed E-state index contributed by atoms with van der Waals surface area (Å²) in [6.45, 7) is 1.22. The van der Waals surface area contributed by atoms with Crippen molar-refractivity contribution in [2.45, 2.75) is 35.1 Å². The van der Waals surface area contributed by atoms with Gasteiger partial charge in [0, 0.05) is 29.9 Å². The van der Waals surface area contributed by atoms with Crippen LogP contribution in [0.3, 0.4) is 0 Å². The Morgan fingerprint density at radius 2 is 1.67 bits per heavy atom. The second-order valence-corrected chi connectivity index (χ2v) is 11.8. The van der Waals surface area contributed by atoms with Gasteiger partial charge in [-0.2, -0.15) is 0 Å². The van der Waals surface area contributed by atoms with Crippen molar-refractivity contribution in [3.05, 3.63) is 107 Å². The molecule has 0 heterocycles. The summed E-state index contributed by atoms with van der Waals surface area (Å²) in [6, 6.07) is 24.8. The van der Waals surface area contributed by atoms with Crippen molar-refractivity contribution in [3.63, 3.8) is 0 Å². The third-order valence-corrected chi connectivity index (χ3v) is 7.00. The van der Waals surface area contributed by atoms with Crippen molar-refractivity contribution in [2.24, 2.45) is 0 Å². The summed E-state index contributed by atoms with van der Waals surface area (Å²) in [7, 11) is 0. The number of nitrogens with one attached hydrogen (secondary N) is 1. The molecular formula is C28H26Cl4N2O2. The molecule has 0 aromatic heterocycles. The first kappa shape index (κ1) is 26.7. The maximum atomic E-state index is 12.7. The predicted octanol–water partition coefficient (Wildman–Crippen LogP) is 7.24. The zero-order valence-corrected chi connectivity index (χ0v) is 22.5. The third-order valence-electron chi connectivity index (χ3n) is 6.23. The van der Waals surface area contributed by atoms with Gasteiger partial charge >= 0.3 is 0 Å². The number of carbonyl (C=O) groups is 1. The Morgan fingerprint density at radius 3 is 2.33 bits per heavy atom. The molecule has 8 heteroatoms. The van der Waals surface area contributed by atoms with Crippen molar-refractivity contribution in [1.29, 1.82) is 0 Å². The molecule has 4 rings (SSSR count). The SMILES string of the molecule is O=C(NC1(Cc2ccccc2)C=C(CN(Cc2ccc(Cl)cc2)c2cccc(O)c2)CC1)C(Cl)(Cl)Cl. The lowest BCUT2D eigenvalue weighted by atomic mass is 9.90. The third kappa shape index (κ3) is 7.10. The van der Waals surface area contributed by atoms with Crippen LogP contribution in [0.5, 0.6) is 5.75 Å². The smallest absolute Gasteiger partial charge is 0.272 e. The van der Waals surface area contributed by atoms with Gasteiger partial charge in [-0.3, -0.25) is 4.79 Å². The topological polar surface area (TPSA) is 52.6 Å². The van der Waals surface area contributed by atoms with Crippen LogP contribution >= 0.6 is 46.4 Å². The van der Waals surface area contributed by atoms with Gasteiger partial charge in [-0.1, -0.05) is 107 Å². The van der Waals surface area contributed by atoms with Crippen LogP contribution in [0.25, 0.3) is 0 Å². The minimum Gasteiger partial charge on any atom is -0.508 e. The Hall–Kier alpha value is -2.37. The maximum absolute atomic E-state index is 12.7. The minimum atomic E-state index is -2.05. The van der Waals surface area contributed by atoms with Gasteiger partial charge in [0.1, 0.15) is 5.75 Å². The number of hydrogen-bond donors (Lipinski definition) is 2. The Kier molecular flexibility index (Phi) is 8.41. The number of amides is 1. The largest absolute Gasteiger partial charge is 0.508 e. The van der Waals surface area contributed by atoms with E-state index in [4.69, 9.17) is 46.4 Å². The van der Waals surface area contributed by atoms with Crippen molar-refractivity contribution in [2.75, 3.05) is 11.4 Å². The molecule has 0 aliphatic heterocycles. The molecule has 0 spiro atoms. The van der Waals surface area contributed by atoms with Gasteiger partial charge in [0.25, 0.3) is 9.70 Å². The summed E-state index contributed by atoms with van der Waals surface area (Å²) in [5.41, 5.74) is 3.51. The van der Waals surface area contributed by atoms with Crippen molar-refractivity contribution >= 4 is 58.0 Å². The van der Waals surface area contributed by atoms with E-state index in [1.807, 2.05) is 66.7 Å². The first-order valence-electron chi connectivity index (χ1n) is 11.5. The summed E-state index contributed by atoms with van der Waals surface area (Å²) in [4.78, 5) is 14.9. The fraction of sp³-hybridized carbons (Fsp3) is 0.250. The predicted molar refractivity (Wildman–Crippen MR) is 149 cm³/mol. The van der Waals surface area contributed by atoms with Gasteiger partial charge in [0.15, 0.2) is 0 Å². The fourth-order valence-electron chi connectivity index (χ4n) is 4.57. The zero-order chi connectivity index (χ0) is 25.8. The second-order valence-electron chi connectivity index (χ2n) is 9.08. The van der Waals surface area contributed by atoms with Crippen LogP contribution in [0, 0.1) is 0 Å². The molecule has 36 heavy (non-hydrogen) atoms. The molecule has 2 N–H and O–H groups in total. The van der Waals surface area contributed by atoms with Crippen LogP contribution in [0.15, 0.2) is 90.5 Å². The molecule has 0 radical (unpaired) electrons. The van der Waals surface area contributed by atoms with E-state index >= 15 is 0 Å². The highest BCUT2D eigenvalue weighted by Gasteiger charge is 2.40. The quantitative estimate of drug-likeness (QED) is 0.224. The van der Waals surface area contributed by atoms with Gasteiger partial charge in [0.05, 0.1) is 5.54 Å². The number of phenolic OH excluding ortho intramolecular Hbond substituents is 1. The van der Waals surface area contributed by atoms with Crippen molar-refractivity contribution < 1.29 is 9.90 Å². The zero-order valence-electron chi connectivity index (χ0n) is 19.4. The summed E-state index contributed by atoms with van der Waals surface area (Å²) in [5.74, 6) is -0.450. The number of benzene rings is 3. The number of nitrogens with zero attached hydrogens (tertiary/aromatic N) is 1. The highest BCUT2D eigenvalue weighted by Crippen LogP contribution is 2.36. The normalized spacial score (nSPS) is 17.5. The highest BCUT2D eigenvalue weighted by atomic mass is 35.6. The van der Waals surface area contributed by atoms with Crippen LogP contribution in [0.4, 0.5) is 5.69 Å². The van der Waals surface area contributed by atoms with E-state index in [1.165, 1.54) is 0 Å². The molecule has 0 fully saturated rings. The van der Waals surface area contributed by atoms with Crippen molar-refractivity contribution in [3.8, 4) is 5.75 Å². The molecule has 0 saturated heterocycles. The molecule has 188 valence electrons. The lowest BCUT2D eigenvalue weighted by Gasteiger charge is -2.30. The summed E-state index contributed by atoms with van der Waals surface area (Å²) in [6.07, 6.45) is 4.13. The van der Waals surface area contributed by atoms with E-state index in [0.717, 1.165) is 28.8 Å². The Bertz CT molecular complexity index is 1230. The first-order valence-corrected chi connectivity index (χ1v) is 13.1. The number of rotatable bonds is 8. The Morgan fingerprint density at radius 1 is 0.944 bits per heavy atom. The average Bonchev–Trinajstić information content (AvgIpc) is 3.22. The maximum Gasteiger partial charge on any atom is 0.272 e. The molecule has 1 aliphatic rings. The average molecular weight is 564 g/mol. The molecule has 0 bridgehead atoms. The van der Waals surface area contributed by atoms with Gasteiger partial charge in [-0.05, 0) is 54.7 Å². The fourth-order valence-corrected chi connectivity index (χ4v) is 4.83. The van der Waals surface area contributed by atoms with Crippen LogP contribution in [-0.2, 0) is 17.8 Å². The van der Waals surface area contributed by atoms with E-state index in [9.17, 15) is 9.90 Å². The second kappa shape index (κ2) is 11.4. The number of alkyl halides is 3. The van der Waals surface area contributed by atoms with Gasteiger partial charge in [0.2, 0.25) is 0 Å². The van der Waals surface area contributed by atoms with Crippen LogP contribution in [0.2, 0.25) is 5.02 Å². The number of phenols is 1. The highest BCUT2D eigenvalue weighted by molar-refractivity contribution is 6.76. The molecule has 3 aromatic rings. The van der Waals surface area contributed by atoms with E-state index < -0.39 is 15.2 Å². The van der Waals surface area contributed by atoms with Crippen LogP contribution < -0.4 is 10.2 Å². The number of anilines is 1. The number of halogens is 4. The van der Waals surface area contributed by atoms with Gasteiger partial charge < -0.3 is 15.3 Å². The Labute approximate surface area is 231 Å². The lowest BCUT2D eigenvalue weighted by molar-refractivity contribution is -0.121. The molecular weight excluding hydrogens is 538 g/mol. The number of carbonyl (C=O) groups excluding carboxylic acids is 1. The van der Waals surface area contributed by atoms with Gasteiger partial charge in [-0.15, -0.1) is 0 Å². The number of aromatic hydroxyl groups is 1. The Balaban J connectivity index is 1.63. The first-order chi connectivity index (χ1) is 17.1. The summed E-state index contributed by atoms with van der Waals surface area (Å²) >= 11 is 23.8. The molecule has 1 amide bonds. The molecule has 4 nitrogen and oxygen atoms in total. The molecule has 0 saturated carbocycles. The standard InChI is InChI=1S/C28H26Cl4N2O2/c29-23-11-9-21(10-12-23)18-34(24-7-4-8-25(35)15-24)19-22-13-14-27(17-22,33-26(36)28(30,31)32)16-20-5-2-1-3-6-20/h1-12,15,17,35H,13-14,16,18-19H2,(H,33,36). The number of hydrogen-bond acceptors (Lipinski definition) is 3. The summed E-state index contributed by atoms with van der Waals surface area (Å²) in [5, 5.41) is 13.8. The summed E-state index contributed by atoms with van der Waals surface area (Å²) < 4.78 is -2.05. The monoisotopic (exact) mass is 562 g/mol. The molecule has 1 atom stereocenters.